The van der Waals surface area contributed by atoms with Crippen LogP contribution in [-0.4, -0.2) is 16.7 Å². The van der Waals surface area contributed by atoms with Gasteiger partial charge < -0.3 is 14.6 Å². The van der Waals surface area contributed by atoms with Crippen LogP contribution in [0.4, 0.5) is 0 Å². The average Bonchev–Trinajstić information content (AvgIpc) is 2.80. The summed E-state index contributed by atoms with van der Waals surface area (Å²) in [4.78, 5) is 4.43. The largest absolute Gasteiger partial charge is 0.485 e. The number of nitrogens with one attached hydrogen (secondary N) is 1. The summed E-state index contributed by atoms with van der Waals surface area (Å²) in [6.07, 6.45) is 4.74. The Bertz CT molecular complexity index is 519. The van der Waals surface area contributed by atoms with E-state index in [4.69, 9.17) is 9.26 Å². The first-order chi connectivity index (χ1) is 9.92. The van der Waals surface area contributed by atoms with Crippen LogP contribution in [0.25, 0.3) is 0 Å². The Morgan fingerprint density at radius 1 is 1.20 bits per heavy atom. The standard InChI is InChI=1S/C15H19N3O2/c1-3-7-12(8-4-1)19-11-14-17-15(20-18-14)13-9-5-2-6-10-16-13/h1,3-4,7-8,13,16H,2,5-6,9-11H2. The van der Waals surface area contributed by atoms with E-state index in [1.165, 1.54) is 19.3 Å². The summed E-state index contributed by atoms with van der Waals surface area (Å²) in [5.74, 6) is 2.08. The predicted molar refractivity (Wildman–Crippen MR) is 74.3 cm³/mol. The third kappa shape index (κ3) is 3.36. The molecule has 0 amide bonds. The molecule has 1 aliphatic rings. The Kier molecular flexibility index (Phi) is 4.28. The lowest BCUT2D eigenvalue weighted by atomic mass is 10.1. The lowest BCUT2D eigenvalue weighted by molar-refractivity contribution is 0.281. The normalized spacial score (nSPS) is 19.5. The van der Waals surface area contributed by atoms with Crippen LogP contribution in [0, 0.1) is 0 Å². The van der Waals surface area contributed by atoms with Gasteiger partial charge in [0, 0.05) is 0 Å². The maximum atomic E-state index is 5.61. The first-order valence-corrected chi connectivity index (χ1v) is 7.15. The van der Waals surface area contributed by atoms with E-state index in [1.807, 2.05) is 30.3 Å². The van der Waals surface area contributed by atoms with Gasteiger partial charge in [-0.25, -0.2) is 0 Å². The molecule has 0 bridgehead atoms. The molecule has 5 heteroatoms. The summed E-state index contributed by atoms with van der Waals surface area (Å²) in [7, 11) is 0. The smallest absolute Gasteiger partial charge is 0.243 e. The zero-order valence-electron chi connectivity index (χ0n) is 11.4. The van der Waals surface area contributed by atoms with Crippen molar-refractivity contribution in [2.45, 2.75) is 38.3 Å². The van der Waals surface area contributed by atoms with Crippen molar-refractivity contribution >= 4 is 0 Å². The highest BCUT2D eigenvalue weighted by molar-refractivity contribution is 5.20. The van der Waals surface area contributed by atoms with Gasteiger partial charge in [-0.3, -0.25) is 0 Å². The van der Waals surface area contributed by atoms with Crippen LogP contribution in [0.5, 0.6) is 5.75 Å². The second-order valence-electron chi connectivity index (χ2n) is 5.01. The molecule has 1 atom stereocenters. The fourth-order valence-electron chi connectivity index (χ4n) is 2.37. The first-order valence-electron chi connectivity index (χ1n) is 7.15. The van der Waals surface area contributed by atoms with E-state index in [-0.39, 0.29) is 6.04 Å². The highest BCUT2D eigenvalue weighted by atomic mass is 16.5. The zero-order valence-corrected chi connectivity index (χ0v) is 11.4. The molecule has 0 aliphatic carbocycles. The number of nitrogens with zero attached hydrogens (tertiary/aromatic N) is 2. The van der Waals surface area contributed by atoms with Crippen LogP contribution in [0.15, 0.2) is 34.9 Å². The first kappa shape index (κ1) is 13.1. The molecule has 106 valence electrons. The van der Waals surface area contributed by atoms with Gasteiger partial charge in [0.2, 0.25) is 11.7 Å². The Balaban J connectivity index is 1.58. The van der Waals surface area contributed by atoms with Crippen LogP contribution >= 0.6 is 0 Å². The Hall–Kier alpha value is -1.88. The molecule has 0 saturated carbocycles. The quantitative estimate of drug-likeness (QED) is 0.928. The van der Waals surface area contributed by atoms with Gasteiger partial charge in [0.1, 0.15) is 5.75 Å². The molecule has 1 N–H and O–H groups in total. The minimum absolute atomic E-state index is 0.190. The predicted octanol–water partition coefficient (Wildman–Crippen LogP) is 2.85. The fraction of sp³-hybridized carbons (Fsp3) is 0.467. The number of rotatable bonds is 4. The van der Waals surface area contributed by atoms with Crippen molar-refractivity contribution < 1.29 is 9.26 Å². The molecule has 5 nitrogen and oxygen atoms in total. The van der Waals surface area contributed by atoms with Crippen LogP contribution < -0.4 is 10.1 Å². The van der Waals surface area contributed by atoms with Gasteiger partial charge in [0.15, 0.2) is 6.61 Å². The second-order valence-corrected chi connectivity index (χ2v) is 5.01. The molecule has 2 aromatic rings. The second kappa shape index (κ2) is 6.52. The number of aromatic nitrogens is 2. The van der Waals surface area contributed by atoms with E-state index in [0.717, 1.165) is 18.7 Å². The molecule has 1 aliphatic heterocycles. The molecule has 1 fully saturated rings. The van der Waals surface area contributed by atoms with Crippen LogP contribution in [0.2, 0.25) is 0 Å². The maximum Gasteiger partial charge on any atom is 0.243 e. The molecule has 3 rings (SSSR count). The van der Waals surface area contributed by atoms with Crippen molar-refractivity contribution in [3.8, 4) is 5.75 Å². The zero-order chi connectivity index (χ0) is 13.6. The highest BCUT2D eigenvalue weighted by Gasteiger charge is 2.20. The summed E-state index contributed by atoms with van der Waals surface area (Å²) in [6.45, 7) is 1.35. The molecule has 0 radical (unpaired) electrons. The van der Waals surface area contributed by atoms with Gasteiger partial charge in [0.05, 0.1) is 6.04 Å². The Morgan fingerprint density at radius 3 is 3.00 bits per heavy atom. The molecule has 2 heterocycles. The van der Waals surface area contributed by atoms with Crippen LogP contribution in [0.1, 0.15) is 43.4 Å². The van der Waals surface area contributed by atoms with Crippen molar-refractivity contribution in [1.29, 1.82) is 0 Å². The number of para-hydroxylation sites is 1. The van der Waals surface area contributed by atoms with Crippen LogP contribution in [0.3, 0.4) is 0 Å². The lowest BCUT2D eigenvalue weighted by Gasteiger charge is -2.09. The van der Waals surface area contributed by atoms with Crippen molar-refractivity contribution in [2.75, 3.05) is 6.54 Å². The summed E-state index contributed by atoms with van der Waals surface area (Å²) < 4.78 is 11.0. The van der Waals surface area contributed by atoms with E-state index < -0.39 is 0 Å². The third-order valence-corrected chi connectivity index (χ3v) is 3.45. The monoisotopic (exact) mass is 273 g/mol. The van der Waals surface area contributed by atoms with E-state index in [1.54, 1.807) is 0 Å². The van der Waals surface area contributed by atoms with Crippen LogP contribution in [-0.2, 0) is 6.61 Å². The number of benzene rings is 1. The van der Waals surface area contributed by atoms with Gasteiger partial charge in [0.25, 0.3) is 0 Å². The topological polar surface area (TPSA) is 60.2 Å². The molecule has 20 heavy (non-hydrogen) atoms. The van der Waals surface area contributed by atoms with E-state index in [2.05, 4.69) is 15.5 Å². The number of ether oxygens (including phenoxy) is 1. The SMILES string of the molecule is c1ccc(OCc2noc(C3CCCCCN3)n2)cc1. The Morgan fingerprint density at radius 2 is 2.10 bits per heavy atom. The van der Waals surface area contributed by atoms with E-state index in [0.29, 0.717) is 18.3 Å². The molecular formula is C15H19N3O2. The minimum Gasteiger partial charge on any atom is -0.485 e. The van der Waals surface area contributed by atoms with Gasteiger partial charge in [-0.15, -0.1) is 0 Å². The maximum absolute atomic E-state index is 5.61. The third-order valence-electron chi connectivity index (χ3n) is 3.45. The van der Waals surface area contributed by atoms with Crippen molar-refractivity contribution in [3.05, 3.63) is 42.0 Å². The van der Waals surface area contributed by atoms with E-state index >= 15 is 0 Å². The molecule has 1 saturated heterocycles. The van der Waals surface area contributed by atoms with Crippen molar-refractivity contribution in [3.63, 3.8) is 0 Å². The van der Waals surface area contributed by atoms with Gasteiger partial charge in [-0.1, -0.05) is 36.2 Å². The van der Waals surface area contributed by atoms with Crippen molar-refractivity contribution in [2.24, 2.45) is 0 Å². The Labute approximate surface area is 118 Å². The number of hydrogen-bond acceptors (Lipinski definition) is 5. The van der Waals surface area contributed by atoms with Gasteiger partial charge >= 0.3 is 0 Å². The molecule has 1 aromatic carbocycles. The van der Waals surface area contributed by atoms with Crippen molar-refractivity contribution in [1.82, 2.24) is 15.5 Å². The molecule has 1 unspecified atom stereocenters. The minimum atomic E-state index is 0.190. The summed E-state index contributed by atoms with van der Waals surface area (Å²) in [5, 5.41) is 7.43. The lowest BCUT2D eigenvalue weighted by Crippen LogP contribution is -2.20. The fourth-order valence-corrected chi connectivity index (χ4v) is 2.37. The summed E-state index contributed by atoms with van der Waals surface area (Å²) >= 11 is 0. The molecule has 0 spiro atoms. The van der Waals surface area contributed by atoms with E-state index in [9.17, 15) is 0 Å². The summed E-state index contributed by atoms with van der Waals surface area (Å²) in [5.41, 5.74) is 0. The molecular weight excluding hydrogens is 254 g/mol. The highest BCUT2D eigenvalue weighted by Crippen LogP contribution is 2.21. The van der Waals surface area contributed by atoms with Gasteiger partial charge in [-0.05, 0) is 31.5 Å². The van der Waals surface area contributed by atoms with Gasteiger partial charge in [-0.2, -0.15) is 4.98 Å². The summed E-state index contributed by atoms with van der Waals surface area (Å²) in [6, 6.07) is 9.84. The number of hydrogen-bond donors (Lipinski definition) is 1. The average molecular weight is 273 g/mol. The molecule has 1 aromatic heterocycles.